The van der Waals surface area contributed by atoms with Gasteiger partial charge in [0.2, 0.25) is 5.95 Å². The molecule has 1 aliphatic rings. The maximum atomic E-state index is 12.6. The van der Waals surface area contributed by atoms with Gasteiger partial charge in [-0.3, -0.25) is 4.79 Å². The van der Waals surface area contributed by atoms with Crippen molar-refractivity contribution in [1.29, 1.82) is 0 Å². The van der Waals surface area contributed by atoms with Crippen LogP contribution in [0.2, 0.25) is 5.02 Å². The molecule has 0 amide bonds. The molecule has 1 aliphatic carbocycles. The van der Waals surface area contributed by atoms with Gasteiger partial charge < -0.3 is 5.32 Å². The standard InChI is InChI=1S/C27H27ClN4O/c28-22-14-10-20(11-15-22)24-7-4-8-26-30-27(31-32(24)26)29-23-16-12-21(13-17-23)25(33)18-9-19-5-2-1-3-6-19/h4,7-8,10-17,19H,1-3,5-6,9,18H2,(H,29,31). The van der Waals surface area contributed by atoms with Crippen LogP contribution in [0.4, 0.5) is 11.6 Å². The molecule has 33 heavy (non-hydrogen) atoms. The minimum absolute atomic E-state index is 0.227. The number of halogens is 1. The van der Waals surface area contributed by atoms with Crippen molar-refractivity contribution in [3.63, 3.8) is 0 Å². The monoisotopic (exact) mass is 458 g/mol. The molecule has 1 fully saturated rings. The van der Waals surface area contributed by atoms with Crippen LogP contribution in [0.1, 0.15) is 55.3 Å². The lowest BCUT2D eigenvalue weighted by molar-refractivity contribution is 0.0970. The van der Waals surface area contributed by atoms with Crippen LogP contribution < -0.4 is 5.32 Å². The molecule has 0 unspecified atom stereocenters. The number of Topliss-reactive ketones (excluding diaryl/α,β-unsaturated/α-hetero) is 1. The summed E-state index contributed by atoms with van der Waals surface area (Å²) in [6, 6.07) is 21.2. The number of anilines is 2. The van der Waals surface area contributed by atoms with Crippen LogP contribution in [0.15, 0.2) is 66.7 Å². The first-order chi connectivity index (χ1) is 16.2. The Bertz CT molecular complexity index is 1240. The molecular weight excluding hydrogens is 432 g/mol. The highest BCUT2D eigenvalue weighted by Crippen LogP contribution is 2.28. The van der Waals surface area contributed by atoms with Crippen LogP contribution in [0.3, 0.4) is 0 Å². The second-order valence-corrected chi connectivity index (χ2v) is 9.23. The number of hydrogen-bond donors (Lipinski definition) is 1. The lowest BCUT2D eigenvalue weighted by Crippen LogP contribution is -2.09. The fourth-order valence-electron chi connectivity index (χ4n) is 4.62. The molecule has 1 N–H and O–H groups in total. The molecule has 0 aliphatic heterocycles. The van der Waals surface area contributed by atoms with Crippen molar-refractivity contribution in [2.75, 3.05) is 5.32 Å². The Labute approximate surface area is 198 Å². The summed E-state index contributed by atoms with van der Waals surface area (Å²) in [4.78, 5) is 17.2. The summed E-state index contributed by atoms with van der Waals surface area (Å²) >= 11 is 6.03. The molecule has 0 spiro atoms. The number of benzene rings is 2. The lowest BCUT2D eigenvalue weighted by Gasteiger charge is -2.20. The van der Waals surface area contributed by atoms with Gasteiger partial charge in [0.25, 0.3) is 0 Å². The van der Waals surface area contributed by atoms with Crippen LogP contribution in [0.5, 0.6) is 0 Å². The Kier molecular flexibility index (Phi) is 6.40. The van der Waals surface area contributed by atoms with Gasteiger partial charge >= 0.3 is 0 Å². The van der Waals surface area contributed by atoms with Crippen LogP contribution in [0, 0.1) is 5.92 Å². The van der Waals surface area contributed by atoms with E-state index in [9.17, 15) is 4.79 Å². The topological polar surface area (TPSA) is 59.3 Å². The second-order valence-electron chi connectivity index (χ2n) is 8.79. The average molecular weight is 459 g/mol. The number of nitrogens with one attached hydrogen (secondary N) is 1. The minimum Gasteiger partial charge on any atom is -0.323 e. The van der Waals surface area contributed by atoms with Crippen LogP contribution in [-0.4, -0.2) is 20.4 Å². The summed E-state index contributed by atoms with van der Waals surface area (Å²) in [7, 11) is 0. The Morgan fingerprint density at radius 1 is 0.970 bits per heavy atom. The summed E-state index contributed by atoms with van der Waals surface area (Å²) in [5.41, 5.74) is 4.31. The van der Waals surface area contributed by atoms with E-state index in [4.69, 9.17) is 11.6 Å². The second kappa shape index (κ2) is 9.75. The number of nitrogens with zero attached hydrogens (tertiary/aromatic N) is 3. The fourth-order valence-corrected chi connectivity index (χ4v) is 4.75. The number of carbonyl (C=O) groups excluding carboxylic acids is 1. The Balaban J connectivity index is 1.27. The highest BCUT2D eigenvalue weighted by Gasteiger charge is 2.16. The zero-order chi connectivity index (χ0) is 22.6. The Morgan fingerprint density at radius 2 is 1.73 bits per heavy atom. The van der Waals surface area contributed by atoms with Gasteiger partial charge in [-0.05, 0) is 60.9 Å². The molecule has 2 aromatic carbocycles. The average Bonchev–Trinajstić information content (AvgIpc) is 3.27. The molecule has 2 heterocycles. The van der Waals surface area contributed by atoms with Crippen molar-refractivity contribution >= 4 is 34.7 Å². The summed E-state index contributed by atoms with van der Waals surface area (Å²) in [6.07, 6.45) is 8.19. The third-order valence-electron chi connectivity index (χ3n) is 6.47. The largest absolute Gasteiger partial charge is 0.323 e. The first-order valence-corrected chi connectivity index (χ1v) is 12.1. The molecular formula is C27H27ClN4O. The molecule has 5 nitrogen and oxygen atoms in total. The number of ketones is 1. The predicted octanol–water partition coefficient (Wildman–Crippen LogP) is 7.34. The quantitative estimate of drug-likeness (QED) is 0.294. The van der Waals surface area contributed by atoms with Crippen molar-refractivity contribution in [1.82, 2.24) is 14.6 Å². The Hall–Kier alpha value is -3.18. The maximum absolute atomic E-state index is 12.6. The summed E-state index contributed by atoms with van der Waals surface area (Å²) in [5.74, 6) is 1.46. The molecule has 168 valence electrons. The van der Waals surface area contributed by atoms with Gasteiger partial charge in [0, 0.05) is 28.3 Å². The van der Waals surface area contributed by atoms with Gasteiger partial charge in [0.1, 0.15) is 0 Å². The van der Waals surface area contributed by atoms with Crippen LogP contribution in [0.25, 0.3) is 16.9 Å². The van der Waals surface area contributed by atoms with E-state index >= 15 is 0 Å². The van der Waals surface area contributed by atoms with E-state index in [2.05, 4.69) is 15.4 Å². The van der Waals surface area contributed by atoms with Gasteiger partial charge in [0.15, 0.2) is 11.4 Å². The molecule has 4 aromatic rings. The third-order valence-corrected chi connectivity index (χ3v) is 6.72. The highest BCUT2D eigenvalue weighted by atomic mass is 35.5. The smallest absolute Gasteiger partial charge is 0.247 e. The van der Waals surface area contributed by atoms with Gasteiger partial charge in [0.05, 0.1) is 5.69 Å². The van der Waals surface area contributed by atoms with Crippen molar-refractivity contribution < 1.29 is 4.79 Å². The number of hydrogen-bond acceptors (Lipinski definition) is 4. The summed E-state index contributed by atoms with van der Waals surface area (Å²) in [6.45, 7) is 0. The third kappa shape index (κ3) is 5.09. The maximum Gasteiger partial charge on any atom is 0.247 e. The molecule has 2 aromatic heterocycles. The minimum atomic E-state index is 0.227. The number of fused-ring (bicyclic) bond motifs is 1. The molecule has 0 atom stereocenters. The van der Waals surface area contributed by atoms with Crippen molar-refractivity contribution in [2.45, 2.75) is 44.9 Å². The first-order valence-electron chi connectivity index (χ1n) is 11.7. The number of pyridine rings is 1. The fraction of sp³-hybridized carbons (Fsp3) is 0.296. The molecule has 0 bridgehead atoms. The van der Waals surface area contributed by atoms with Crippen LogP contribution >= 0.6 is 11.6 Å². The molecule has 0 radical (unpaired) electrons. The van der Waals surface area contributed by atoms with E-state index in [0.717, 1.165) is 40.5 Å². The summed E-state index contributed by atoms with van der Waals surface area (Å²) < 4.78 is 1.81. The SMILES string of the molecule is O=C(CCC1CCCCC1)c1ccc(Nc2nc3cccc(-c4ccc(Cl)cc4)n3n2)cc1. The highest BCUT2D eigenvalue weighted by molar-refractivity contribution is 6.30. The predicted molar refractivity (Wildman–Crippen MR) is 133 cm³/mol. The Morgan fingerprint density at radius 3 is 2.48 bits per heavy atom. The normalized spacial score (nSPS) is 14.5. The van der Waals surface area contributed by atoms with Gasteiger partial charge in [-0.1, -0.05) is 61.9 Å². The number of carbonyl (C=O) groups is 1. The van der Waals surface area contributed by atoms with E-state index in [1.807, 2.05) is 71.2 Å². The molecule has 5 rings (SSSR count). The van der Waals surface area contributed by atoms with Crippen molar-refractivity contribution in [3.8, 4) is 11.3 Å². The summed E-state index contributed by atoms with van der Waals surface area (Å²) in [5, 5.41) is 8.59. The molecule has 6 heteroatoms. The van der Waals surface area contributed by atoms with Gasteiger partial charge in [-0.25, -0.2) is 4.52 Å². The van der Waals surface area contributed by atoms with E-state index in [1.54, 1.807) is 0 Å². The van der Waals surface area contributed by atoms with E-state index in [0.29, 0.717) is 17.4 Å². The molecule has 1 saturated carbocycles. The molecule has 0 saturated heterocycles. The van der Waals surface area contributed by atoms with Gasteiger partial charge in [-0.15, -0.1) is 5.10 Å². The van der Waals surface area contributed by atoms with E-state index in [1.165, 1.54) is 32.1 Å². The van der Waals surface area contributed by atoms with E-state index < -0.39 is 0 Å². The number of rotatable bonds is 7. The van der Waals surface area contributed by atoms with Gasteiger partial charge in [-0.2, -0.15) is 4.98 Å². The number of aromatic nitrogens is 3. The van der Waals surface area contributed by atoms with Crippen molar-refractivity contribution in [3.05, 3.63) is 77.3 Å². The lowest BCUT2D eigenvalue weighted by atomic mass is 9.85. The zero-order valence-corrected chi connectivity index (χ0v) is 19.3. The first kappa shape index (κ1) is 21.7. The van der Waals surface area contributed by atoms with E-state index in [-0.39, 0.29) is 5.78 Å². The van der Waals surface area contributed by atoms with Crippen LogP contribution in [-0.2, 0) is 0 Å². The van der Waals surface area contributed by atoms with Crippen molar-refractivity contribution in [2.24, 2.45) is 5.92 Å². The zero-order valence-electron chi connectivity index (χ0n) is 18.5.